The molecule has 114 valence electrons. The Morgan fingerprint density at radius 1 is 1.43 bits per heavy atom. The van der Waals surface area contributed by atoms with E-state index in [4.69, 9.17) is 5.11 Å². The molecule has 0 heterocycles. The molecule has 6 heteroatoms. The summed E-state index contributed by atoms with van der Waals surface area (Å²) in [5.41, 5.74) is 0.775. The van der Waals surface area contributed by atoms with Gasteiger partial charge in [0, 0.05) is 17.1 Å². The van der Waals surface area contributed by atoms with Gasteiger partial charge in [-0.15, -0.1) is 0 Å². The highest BCUT2D eigenvalue weighted by molar-refractivity contribution is 9.10. The van der Waals surface area contributed by atoms with Gasteiger partial charge in [0.2, 0.25) is 0 Å². The highest BCUT2D eigenvalue weighted by Gasteiger charge is 2.32. The second kappa shape index (κ2) is 6.93. The van der Waals surface area contributed by atoms with Gasteiger partial charge < -0.3 is 15.3 Å². The Bertz CT molecular complexity index is 544. The zero-order valence-electron chi connectivity index (χ0n) is 11.9. The van der Waals surface area contributed by atoms with Gasteiger partial charge in [-0.3, -0.25) is 0 Å². The summed E-state index contributed by atoms with van der Waals surface area (Å²) in [4.78, 5) is 25.1. The number of halogens is 1. The smallest absolute Gasteiger partial charge is 0.335 e. The van der Waals surface area contributed by atoms with E-state index >= 15 is 0 Å². The average molecular weight is 355 g/mol. The van der Waals surface area contributed by atoms with Crippen molar-refractivity contribution in [2.24, 2.45) is 0 Å². The standard InChI is InChI=1S/C15H19BrN2O3/c1-2-3-8-18(11-5-6-11)15(21)17-13-7-4-10(14(19)20)9-12(13)16/h4,7,9,11H,2-3,5-6,8H2,1H3,(H,17,21)(H,19,20). The van der Waals surface area contributed by atoms with E-state index in [-0.39, 0.29) is 11.6 Å². The number of nitrogens with zero attached hydrogens (tertiary/aromatic N) is 1. The summed E-state index contributed by atoms with van der Waals surface area (Å²) in [5.74, 6) is -0.990. The first-order valence-corrected chi connectivity index (χ1v) is 7.92. The number of benzene rings is 1. The molecule has 5 nitrogen and oxygen atoms in total. The number of urea groups is 1. The summed E-state index contributed by atoms with van der Waals surface area (Å²) in [5, 5.41) is 11.8. The molecule has 2 N–H and O–H groups in total. The number of nitrogens with one attached hydrogen (secondary N) is 1. The minimum atomic E-state index is -0.990. The Labute approximate surface area is 132 Å². The van der Waals surface area contributed by atoms with Crippen LogP contribution < -0.4 is 5.32 Å². The molecule has 0 saturated heterocycles. The van der Waals surface area contributed by atoms with Gasteiger partial charge in [0.05, 0.1) is 11.3 Å². The predicted octanol–water partition coefficient (Wildman–Crippen LogP) is 3.94. The van der Waals surface area contributed by atoms with Crippen LogP contribution in [-0.4, -0.2) is 34.6 Å². The molecule has 21 heavy (non-hydrogen) atoms. The maximum absolute atomic E-state index is 12.3. The number of amides is 2. The molecule has 0 aromatic heterocycles. The first kappa shape index (κ1) is 15.8. The Morgan fingerprint density at radius 2 is 2.14 bits per heavy atom. The van der Waals surface area contributed by atoms with Crippen LogP contribution in [0, 0.1) is 0 Å². The number of carbonyl (C=O) groups excluding carboxylic acids is 1. The number of carbonyl (C=O) groups is 2. The summed E-state index contributed by atoms with van der Waals surface area (Å²) in [6.45, 7) is 2.86. The van der Waals surface area contributed by atoms with Crippen molar-refractivity contribution in [3.63, 3.8) is 0 Å². The van der Waals surface area contributed by atoms with E-state index in [1.807, 2.05) is 4.90 Å². The van der Waals surface area contributed by atoms with Crippen LogP contribution in [-0.2, 0) is 0 Å². The lowest BCUT2D eigenvalue weighted by molar-refractivity contribution is 0.0697. The summed E-state index contributed by atoms with van der Waals surface area (Å²) >= 11 is 3.30. The van der Waals surface area contributed by atoms with Crippen LogP contribution >= 0.6 is 15.9 Å². The van der Waals surface area contributed by atoms with Gasteiger partial charge in [-0.2, -0.15) is 0 Å². The van der Waals surface area contributed by atoms with E-state index in [0.717, 1.165) is 32.2 Å². The molecule has 1 saturated carbocycles. The van der Waals surface area contributed by atoms with Gasteiger partial charge in [-0.25, -0.2) is 9.59 Å². The van der Waals surface area contributed by atoms with Crippen molar-refractivity contribution in [2.45, 2.75) is 38.6 Å². The van der Waals surface area contributed by atoms with Gasteiger partial charge in [0.15, 0.2) is 0 Å². The van der Waals surface area contributed by atoms with Gasteiger partial charge in [-0.05, 0) is 53.4 Å². The topological polar surface area (TPSA) is 69.6 Å². The Balaban J connectivity index is 2.05. The fraction of sp³-hybridized carbons (Fsp3) is 0.467. The Kier molecular flexibility index (Phi) is 5.22. The fourth-order valence-corrected chi connectivity index (χ4v) is 2.58. The molecule has 0 spiro atoms. The number of anilines is 1. The van der Waals surface area contributed by atoms with Crippen molar-refractivity contribution in [1.29, 1.82) is 0 Å². The van der Waals surface area contributed by atoms with Crippen molar-refractivity contribution in [1.82, 2.24) is 4.90 Å². The van der Waals surface area contributed by atoms with Gasteiger partial charge in [-0.1, -0.05) is 13.3 Å². The number of rotatable bonds is 6. The van der Waals surface area contributed by atoms with E-state index in [0.29, 0.717) is 16.2 Å². The molecule has 1 aromatic rings. The first-order valence-electron chi connectivity index (χ1n) is 7.13. The quantitative estimate of drug-likeness (QED) is 0.812. The highest BCUT2D eigenvalue weighted by Crippen LogP contribution is 2.29. The van der Waals surface area contributed by atoms with Crippen LogP contribution in [0.25, 0.3) is 0 Å². The molecule has 2 rings (SSSR count). The van der Waals surface area contributed by atoms with Crippen LogP contribution in [0.2, 0.25) is 0 Å². The normalized spacial score (nSPS) is 13.8. The van der Waals surface area contributed by atoms with Crippen molar-refractivity contribution in [2.75, 3.05) is 11.9 Å². The second-order valence-corrected chi connectivity index (χ2v) is 6.06. The molecule has 0 aliphatic heterocycles. The third kappa shape index (κ3) is 4.20. The molecule has 1 aliphatic carbocycles. The Morgan fingerprint density at radius 3 is 2.67 bits per heavy atom. The van der Waals surface area contributed by atoms with Crippen LogP contribution in [0.15, 0.2) is 22.7 Å². The molecule has 0 bridgehead atoms. The Hall–Kier alpha value is -1.56. The van der Waals surface area contributed by atoms with E-state index < -0.39 is 5.97 Å². The van der Waals surface area contributed by atoms with Crippen LogP contribution in [0.5, 0.6) is 0 Å². The monoisotopic (exact) mass is 354 g/mol. The summed E-state index contributed by atoms with van der Waals surface area (Å²) in [6.07, 6.45) is 4.17. The maximum Gasteiger partial charge on any atom is 0.335 e. The lowest BCUT2D eigenvalue weighted by Crippen LogP contribution is -2.37. The van der Waals surface area contributed by atoms with Crippen LogP contribution in [0.3, 0.4) is 0 Å². The van der Waals surface area contributed by atoms with Gasteiger partial charge >= 0.3 is 12.0 Å². The number of unbranched alkanes of at least 4 members (excludes halogenated alkanes) is 1. The molecule has 2 amide bonds. The number of hydrogen-bond donors (Lipinski definition) is 2. The second-order valence-electron chi connectivity index (χ2n) is 5.21. The van der Waals surface area contributed by atoms with Gasteiger partial charge in [0.1, 0.15) is 0 Å². The minimum absolute atomic E-state index is 0.116. The summed E-state index contributed by atoms with van der Waals surface area (Å²) in [7, 11) is 0. The van der Waals surface area contributed by atoms with Crippen LogP contribution in [0.1, 0.15) is 43.0 Å². The SMILES string of the molecule is CCCCN(C(=O)Nc1ccc(C(=O)O)cc1Br)C1CC1. The first-order chi connectivity index (χ1) is 10.0. The fourth-order valence-electron chi connectivity index (χ4n) is 2.10. The number of aromatic carboxylic acids is 1. The minimum Gasteiger partial charge on any atom is -0.478 e. The molecular formula is C15H19BrN2O3. The molecule has 0 atom stereocenters. The maximum atomic E-state index is 12.3. The van der Waals surface area contributed by atoms with E-state index in [1.54, 1.807) is 6.07 Å². The zero-order valence-corrected chi connectivity index (χ0v) is 13.5. The lowest BCUT2D eigenvalue weighted by atomic mass is 10.2. The molecule has 0 radical (unpaired) electrons. The van der Waals surface area contributed by atoms with Crippen molar-refractivity contribution < 1.29 is 14.7 Å². The van der Waals surface area contributed by atoms with Crippen molar-refractivity contribution in [3.05, 3.63) is 28.2 Å². The average Bonchev–Trinajstić information content (AvgIpc) is 3.26. The third-order valence-electron chi connectivity index (χ3n) is 3.46. The molecule has 1 aliphatic rings. The van der Waals surface area contributed by atoms with Crippen molar-refractivity contribution >= 4 is 33.6 Å². The number of carboxylic acid groups (broad SMARTS) is 1. The number of carboxylic acids is 1. The van der Waals surface area contributed by atoms with E-state index in [9.17, 15) is 9.59 Å². The van der Waals surface area contributed by atoms with E-state index in [1.165, 1.54) is 12.1 Å². The molecule has 0 unspecified atom stereocenters. The largest absolute Gasteiger partial charge is 0.478 e. The molecule has 1 aromatic carbocycles. The molecular weight excluding hydrogens is 336 g/mol. The van der Waals surface area contributed by atoms with Crippen LogP contribution in [0.4, 0.5) is 10.5 Å². The van der Waals surface area contributed by atoms with Gasteiger partial charge in [0.25, 0.3) is 0 Å². The summed E-state index contributed by atoms with van der Waals surface area (Å²) < 4.78 is 0.571. The zero-order chi connectivity index (χ0) is 15.4. The predicted molar refractivity (Wildman–Crippen MR) is 84.8 cm³/mol. The summed E-state index contributed by atoms with van der Waals surface area (Å²) in [6, 6.07) is 4.82. The van der Waals surface area contributed by atoms with E-state index in [2.05, 4.69) is 28.2 Å². The highest BCUT2D eigenvalue weighted by atomic mass is 79.9. The number of hydrogen-bond acceptors (Lipinski definition) is 2. The lowest BCUT2D eigenvalue weighted by Gasteiger charge is -2.23. The van der Waals surface area contributed by atoms with Crippen molar-refractivity contribution in [3.8, 4) is 0 Å². The molecule has 1 fully saturated rings. The third-order valence-corrected chi connectivity index (χ3v) is 4.11.